The van der Waals surface area contributed by atoms with Crippen molar-refractivity contribution < 1.29 is 14.7 Å². The minimum Gasteiger partial charge on any atom is -0.478 e. The summed E-state index contributed by atoms with van der Waals surface area (Å²) in [5.74, 6) is -1.40. The number of carboxylic acid groups (broad SMARTS) is 1. The number of hydrogen-bond donors (Lipinski definition) is 2. The van der Waals surface area contributed by atoms with Crippen LogP contribution in [0.2, 0.25) is 0 Å². The van der Waals surface area contributed by atoms with Gasteiger partial charge in [0.25, 0.3) is 5.91 Å². The van der Waals surface area contributed by atoms with Gasteiger partial charge in [-0.3, -0.25) is 4.79 Å². The number of carbonyl (C=O) groups is 2. The summed E-state index contributed by atoms with van der Waals surface area (Å²) in [6.45, 7) is 1.93. The van der Waals surface area contributed by atoms with E-state index in [-0.39, 0.29) is 17.2 Å². The summed E-state index contributed by atoms with van der Waals surface area (Å²) in [5.41, 5.74) is 1.56. The van der Waals surface area contributed by atoms with Gasteiger partial charge in [-0.25, -0.2) is 9.78 Å². The number of aromatic nitrogens is 1. The van der Waals surface area contributed by atoms with E-state index in [0.717, 1.165) is 10.0 Å². The number of nitrogens with zero attached hydrogens (tertiary/aromatic N) is 1. The molecule has 0 saturated carbocycles. The molecule has 108 valence electrons. The van der Waals surface area contributed by atoms with Crippen molar-refractivity contribution in [2.45, 2.75) is 13.5 Å². The highest BCUT2D eigenvalue weighted by Gasteiger charge is 2.13. The van der Waals surface area contributed by atoms with E-state index in [4.69, 9.17) is 5.11 Å². The molecule has 0 atom stereocenters. The van der Waals surface area contributed by atoms with Crippen LogP contribution in [-0.2, 0) is 6.54 Å². The number of benzene rings is 1. The van der Waals surface area contributed by atoms with Crippen molar-refractivity contribution in [1.82, 2.24) is 10.3 Å². The number of amides is 1. The summed E-state index contributed by atoms with van der Waals surface area (Å²) in [5, 5.41) is 11.7. The number of rotatable bonds is 4. The van der Waals surface area contributed by atoms with E-state index in [1.165, 1.54) is 12.1 Å². The fourth-order valence-electron chi connectivity index (χ4n) is 1.82. The van der Waals surface area contributed by atoms with E-state index in [9.17, 15) is 9.59 Å². The predicted molar refractivity (Wildman–Crippen MR) is 81.2 cm³/mol. The number of hydrogen-bond acceptors (Lipinski definition) is 3. The Morgan fingerprint density at radius 1 is 1.24 bits per heavy atom. The van der Waals surface area contributed by atoms with Crippen LogP contribution in [0, 0.1) is 6.92 Å². The van der Waals surface area contributed by atoms with Gasteiger partial charge in [-0.05, 0) is 30.7 Å². The van der Waals surface area contributed by atoms with Crippen molar-refractivity contribution in [2.24, 2.45) is 0 Å². The van der Waals surface area contributed by atoms with Crippen LogP contribution in [0.4, 0.5) is 0 Å². The molecule has 1 aromatic carbocycles. The topological polar surface area (TPSA) is 79.3 Å². The molecular formula is C15H13BrN2O3. The summed E-state index contributed by atoms with van der Waals surface area (Å²) < 4.78 is 0.913. The fraction of sp³-hybridized carbons (Fsp3) is 0.133. The summed E-state index contributed by atoms with van der Waals surface area (Å²) in [6.07, 6.45) is 0. The molecule has 0 fully saturated rings. The SMILES string of the molecule is Cc1nc(C(=O)NCc2ccccc2Br)ccc1C(=O)O. The molecule has 0 unspecified atom stereocenters. The smallest absolute Gasteiger partial charge is 0.337 e. The maximum atomic E-state index is 12.0. The number of aromatic carboxylic acids is 1. The third-order valence-electron chi connectivity index (χ3n) is 2.95. The minimum absolute atomic E-state index is 0.0948. The Bertz CT molecular complexity index is 701. The third-order valence-corrected chi connectivity index (χ3v) is 3.72. The first-order valence-electron chi connectivity index (χ1n) is 6.21. The summed E-state index contributed by atoms with van der Waals surface area (Å²) in [7, 11) is 0. The van der Waals surface area contributed by atoms with Gasteiger partial charge in [0.1, 0.15) is 5.69 Å². The van der Waals surface area contributed by atoms with Gasteiger partial charge in [-0.15, -0.1) is 0 Å². The second-order valence-corrected chi connectivity index (χ2v) is 5.26. The molecule has 0 saturated heterocycles. The third kappa shape index (κ3) is 3.66. The lowest BCUT2D eigenvalue weighted by atomic mass is 10.2. The van der Waals surface area contributed by atoms with Crippen LogP contribution in [-0.4, -0.2) is 22.0 Å². The molecule has 5 nitrogen and oxygen atoms in total. The largest absolute Gasteiger partial charge is 0.478 e. The molecule has 21 heavy (non-hydrogen) atoms. The van der Waals surface area contributed by atoms with Gasteiger partial charge >= 0.3 is 5.97 Å². The van der Waals surface area contributed by atoms with Crippen molar-refractivity contribution in [3.8, 4) is 0 Å². The number of pyridine rings is 1. The average molecular weight is 349 g/mol. The molecule has 0 aliphatic heterocycles. The van der Waals surface area contributed by atoms with Crippen LogP contribution in [0.3, 0.4) is 0 Å². The van der Waals surface area contributed by atoms with Crippen molar-refractivity contribution in [2.75, 3.05) is 0 Å². The molecule has 0 aliphatic rings. The second-order valence-electron chi connectivity index (χ2n) is 4.41. The molecule has 0 spiro atoms. The van der Waals surface area contributed by atoms with Crippen molar-refractivity contribution in [1.29, 1.82) is 0 Å². The molecule has 1 aromatic heterocycles. The van der Waals surface area contributed by atoms with Crippen LogP contribution in [0.25, 0.3) is 0 Å². The molecule has 6 heteroatoms. The zero-order valence-electron chi connectivity index (χ0n) is 11.3. The molecule has 2 N–H and O–H groups in total. The normalized spacial score (nSPS) is 10.2. The lowest BCUT2D eigenvalue weighted by molar-refractivity contribution is 0.0694. The van der Waals surface area contributed by atoms with Crippen molar-refractivity contribution >= 4 is 27.8 Å². The Kier molecular flexibility index (Phi) is 4.70. The predicted octanol–water partition coefficient (Wildman–Crippen LogP) is 2.78. The van der Waals surface area contributed by atoms with Gasteiger partial charge in [0, 0.05) is 11.0 Å². The van der Waals surface area contributed by atoms with E-state index in [1.54, 1.807) is 6.92 Å². The maximum absolute atomic E-state index is 12.0. The molecule has 0 aliphatic carbocycles. The molecule has 0 bridgehead atoms. The first kappa shape index (κ1) is 15.2. The van der Waals surface area contributed by atoms with Crippen LogP contribution >= 0.6 is 15.9 Å². The van der Waals surface area contributed by atoms with Crippen molar-refractivity contribution in [3.05, 3.63) is 63.4 Å². The maximum Gasteiger partial charge on any atom is 0.337 e. The minimum atomic E-state index is -1.06. The van der Waals surface area contributed by atoms with Crippen molar-refractivity contribution in [3.63, 3.8) is 0 Å². The fourth-order valence-corrected chi connectivity index (χ4v) is 2.25. The average Bonchev–Trinajstić information content (AvgIpc) is 2.45. The summed E-state index contributed by atoms with van der Waals surface area (Å²) in [6, 6.07) is 10.4. The first-order chi connectivity index (χ1) is 9.99. The van der Waals surface area contributed by atoms with Gasteiger partial charge in [-0.1, -0.05) is 34.1 Å². The Morgan fingerprint density at radius 2 is 1.95 bits per heavy atom. The summed E-state index contributed by atoms with van der Waals surface area (Å²) >= 11 is 3.41. The Hall–Kier alpha value is -2.21. The molecule has 2 aromatic rings. The molecule has 1 amide bonds. The lowest BCUT2D eigenvalue weighted by Gasteiger charge is -2.08. The number of carboxylic acids is 1. The van der Waals surface area contributed by atoms with E-state index < -0.39 is 5.97 Å². The van der Waals surface area contributed by atoms with Gasteiger partial charge in [-0.2, -0.15) is 0 Å². The second kappa shape index (κ2) is 6.49. The highest BCUT2D eigenvalue weighted by atomic mass is 79.9. The van der Waals surface area contributed by atoms with Gasteiger partial charge < -0.3 is 10.4 Å². The molecule has 1 heterocycles. The van der Waals surface area contributed by atoms with E-state index in [2.05, 4.69) is 26.2 Å². The lowest BCUT2D eigenvalue weighted by Crippen LogP contribution is -2.24. The Balaban J connectivity index is 2.09. The Labute approximate surface area is 130 Å². The molecular weight excluding hydrogens is 336 g/mol. The van der Waals surface area contributed by atoms with E-state index in [0.29, 0.717) is 12.2 Å². The molecule has 0 radical (unpaired) electrons. The van der Waals surface area contributed by atoms with Crippen LogP contribution in [0.15, 0.2) is 40.9 Å². The number of nitrogens with one attached hydrogen (secondary N) is 1. The Morgan fingerprint density at radius 3 is 2.57 bits per heavy atom. The number of halogens is 1. The van der Waals surface area contributed by atoms with Crippen LogP contribution < -0.4 is 5.32 Å². The van der Waals surface area contributed by atoms with Gasteiger partial charge in [0.2, 0.25) is 0 Å². The van der Waals surface area contributed by atoms with Gasteiger partial charge in [0.15, 0.2) is 0 Å². The number of carbonyl (C=O) groups excluding carboxylic acids is 1. The first-order valence-corrected chi connectivity index (χ1v) is 7.01. The zero-order chi connectivity index (χ0) is 15.4. The van der Waals surface area contributed by atoms with E-state index >= 15 is 0 Å². The quantitative estimate of drug-likeness (QED) is 0.890. The zero-order valence-corrected chi connectivity index (χ0v) is 12.8. The molecule has 2 rings (SSSR count). The number of aryl methyl sites for hydroxylation is 1. The van der Waals surface area contributed by atoms with Crippen LogP contribution in [0.1, 0.15) is 32.1 Å². The standard InChI is InChI=1S/C15H13BrN2O3/c1-9-11(15(20)21)6-7-13(18-9)14(19)17-8-10-4-2-3-5-12(10)16/h2-7H,8H2,1H3,(H,17,19)(H,20,21). The van der Waals surface area contributed by atoms with Gasteiger partial charge in [0.05, 0.1) is 11.3 Å². The monoisotopic (exact) mass is 348 g/mol. The summed E-state index contributed by atoms with van der Waals surface area (Å²) in [4.78, 5) is 27.0. The van der Waals surface area contributed by atoms with E-state index in [1.807, 2.05) is 24.3 Å². The highest BCUT2D eigenvalue weighted by Crippen LogP contribution is 2.15. The van der Waals surface area contributed by atoms with Crippen LogP contribution in [0.5, 0.6) is 0 Å². The highest BCUT2D eigenvalue weighted by molar-refractivity contribution is 9.10.